The zero-order valence-electron chi connectivity index (χ0n) is 18.0. The monoisotopic (exact) mass is 421 g/mol. The molecule has 0 amide bonds. The van der Waals surface area contributed by atoms with Crippen LogP contribution >= 0.6 is 0 Å². The topological polar surface area (TPSA) is 41.6 Å². The van der Waals surface area contributed by atoms with Crippen LogP contribution in [-0.2, 0) is 5.54 Å². The number of hydrogen-bond acceptors (Lipinski definition) is 3. The summed E-state index contributed by atoms with van der Waals surface area (Å²) < 4.78 is 27.4. The number of likely N-dealkylation sites (N-methyl/N-ethyl adjacent to an activating group) is 1. The van der Waals surface area contributed by atoms with Crippen molar-refractivity contribution in [2.24, 2.45) is 33.9 Å². The summed E-state index contributed by atoms with van der Waals surface area (Å²) in [6.45, 7) is 0.784. The molecule has 2 aromatic carbocycles. The fraction of sp³-hybridized carbons (Fsp3) is 0.500. The van der Waals surface area contributed by atoms with Gasteiger partial charge in [0, 0.05) is 12.5 Å². The van der Waals surface area contributed by atoms with Crippen LogP contribution in [0, 0.1) is 34.8 Å². The molecule has 3 nitrogen and oxygen atoms in total. The van der Waals surface area contributed by atoms with Crippen molar-refractivity contribution in [2.75, 3.05) is 13.6 Å². The van der Waals surface area contributed by atoms with Crippen molar-refractivity contribution in [3.63, 3.8) is 0 Å². The Kier molecular flexibility index (Phi) is 4.06. The number of nitrogens with zero attached hydrogens (tertiary/aromatic N) is 2. The summed E-state index contributed by atoms with van der Waals surface area (Å²) in [6.07, 6.45) is 7.79. The Morgan fingerprint density at radius 1 is 0.903 bits per heavy atom. The summed E-state index contributed by atoms with van der Waals surface area (Å²) in [7, 11) is 2.03. The van der Waals surface area contributed by atoms with E-state index in [9.17, 15) is 8.78 Å². The Morgan fingerprint density at radius 2 is 1.55 bits per heavy atom. The Bertz CT molecular complexity index is 1040. The van der Waals surface area contributed by atoms with Crippen molar-refractivity contribution in [1.29, 1.82) is 0 Å². The van der Waals surface area contributed by atoms with E-state index in [0.717, 1.165) is 35.4 Å². The molecule has 4 bridgehead atoms. The average molecular weight is 422 g/mol. The maximum Gasteiger partial charge on any atom is 0.192 e. The van der Waals surface area contributed by atoms with E-state index in [4.69, 9.17) is 10.7 Å². The van der Waals surface area contributed by atoms with Gasteiger partial charge in [0.25, 0.3) is 0 Å². The lowest BCUT2D eigenvalue weighted by Gasteiger charge is -2.62. The summed E-state index contributed by atoms with van der Waals surface area (Å²) in [4.78, 5) is 7.30. The van der Waals surface area contributed by atoms with Gasteiger partial charge in [-0.3, -0.25) is 0 Å². The SMILES string of the molecule is CN1CC(c2cccc(-c3ccc(F)c(F)c3)c2)(C23CC4CC(CC(C4)C2)C3)N=C1N. The Morgan fingerprint density at radius 3 is 2.13 bits per heavy atom. The first-order chi connectivity index (χ1) is 14.9. The molecule has 1 unspecified atom stereocenters. The Hall–Kier alpha value is -2.43. The molecular weight excluding hydrogens is 392 g/mol. The molecule has 5 aliphatic rings. The van der Waals surface area contributed by atoms with Gasteiger partial charge in [-0.25, -0.2) is 13.8 Å². The van der Waals surface area contributed by atoms with Crippen LogP contribution in [0.2, 0.25) is 0 Å². The molecule has 1 aliphatic heterocycles. The van der Waals surface area contributed by atoms with E-state index in [2.05, 4.69) is 17.0 Å². The maximum atomic E-state index is 13.9. The predicted octanol–water partition coefficient (Wildman–Crippen LogP) is 5.30. The standard InChI is InChI=1S/C26H29F2N3/c1-31-15-26(30-24(31)29,25-12-16-7-17(13-25)9-18(8-16)14-25)21-4-2-3-19(10-21)20-5-6-22(27)23(28)11-20/h2-6,10-11,16-18H,7-9,12-15H2,1H3,(H2,29,30). The first kappa shape index (κ1) is 19.3. The lowest BCUT2D eigenvalue weighted by Crippen LogP contribution is -2.57. The fourth-order valence-electron chi connectivity index (χ4n) is 7.74. The van der Waals surface area contributed by atoms with Gasteiger partial charge in [-0.2, -0.15) is 0 Å². The highest BCUT2D eigenvalue weighted by Crippen LogP contribution is 2.67. The second-order valence-corrected chi connectivity index (χ2v) is 10.6. The largest absolute Gasteiger partial charge is 0.370 e. The van der Waals surface area contributed by atoms with Gasteiger partial charge in [0.05, 0.1) is 6.54 Å². The normalized spacial score (nSPS) is 36.2. The van der Waals surface area contributed by atoms with Gasteiger partial charge >= 0.3 is 0 Å². The Balaban J connectivity index is 1.49. The smallest absolute Gasteiger partial charge is 0.192 e. The molecule has 1 atom stereocenters. The van der Waals surface area contributed by atoms with Crippen LogP contribution in [0.1, 0.15) is 44.1 Å². The number of rotatable bonds is 3. The summed E-state index contributed by atoms with van der Waals surface area (Å²) in [5.74, 6) is 1.38. The van der Waals surface area contributed by atoms with Crippen molar-refractivity contribution in [3.8, 4) is 11.1 Å². The van der Waals surface area contributed by atoms with Crippen molar-refractivity contribution >= 4 is 5.96 Å². The molecule has 162 valence electrons. The first-order valence-electron chi connectivity index (χ1n) is 11.5. The number of nitrogens with two attached hydrogens (primary N) is 1. The van der Waals surface area contributed by atoms with E-state index < -0.39 is 11.6 Å². The number of halogens is 2. The van der Waals surface area contributed by atoms with E-state index in [0.29, 0.717) is 11.5 Å². The number of benzene rings is 2. The summed E-state index contributed by atoms with van der Waals surface area (Å²) >= 11 is 0. The average Bonchev–Trinajstić information content (AvgIpc) is 3.05. The minimum absolute atomic E-state index is 0.129. The van der Waals surface area contributed by atoms with Gasteiger partial charge in [-0.05, 0) is 91.2 Å². The van der Waals surface area contributed by atoms with Gasteiger partial charge in [0.15, 0.2) is 17.6 Å². The lowest BCUT2D eigenvalue weighted by molar-refractivity contribution is -0.0987. The van der Waals surface area contributed by atoms with Crippen LogP contribution in [0.5, 0.6) is 0 Å². The highest BCUT2D eigenvalue weighted by molar-refractivity contribution is 5.81. The van der Waals surface area contributed by atoms with Crippen molar-refractivity contribution in [3.05, 3.63) is 59.7 Å². The van der Waals surface area contributed by atoms with Gasteiger partial charge < -0.3 is 10.6 Å². The summed E-state index contributed by atoms with van der Waals surface area (Å²) in [5, 5.41) is 0. The van der Waals surface area contributed by atoms with E-state index in [1.54, 1.807) is 6.07 Å². The lowest BCUT2D eigenvalue weighted by atomic mass is 9.44. The zero-order chi connectivity index (χ0) is 21.4. The maximum absolute atomic E-state index is 13.9. The van der Waals surface area contributed by atoms with Crippen LogP contribution in [-0.4, -0.2) is 24.5 Å². The molecule has 0 spiro atoms. The minimum Gasteiger partial charge on any atom is -0.370 e. The van der Waals surface area contributed by atoms with Crippen LogP contribution in [0.25, 0.3) is 11.1 Å². The fourth-order valence-corrected chi connectivity index (χ4v) is 7.74. The van der Waals surface area contributed by atoms with E-state index in [1.165, 1.54) is 50.7 Å². The molecule has 0 aromatic heterocycles. The molecule has 7 rings (SSSR count). The van der Waals surface area contributed by atoms with Gasteiger partial charge in [-0.1, -0.05) is 24.3 Å². The number of guanidine groups is 1. The first-order valence-corrected chi connectivity index (χ1v) is 11.5. The quantitative estimate of drug-likeness (QED) is 0.730. The van der Waals surface area contributed by atoms with E-state index >= 15 is 0 Å². The van der Waals surface area contributed by atoms with Gasteiger partial charge in [0.1, 0.15) is 5.54 Å². The predicted molar refractivity (Wildman–Crippen MR) is 118 cm³/mol. The van der Waals surface area contributed by atoms with Gasteiger partial charge in [0.2, 0.25) is 0 Å². The summed E-state index contributed by atoms with van der Waals surface area (Å²) in [6, 6.07) is 12.4. The minimum atomic E-state index is -0.820. The number of aliphatic imine (C=N–C) groups is 1. The Labute approximate surface area is 182 Å². The molecule has 0 radical (unpaired) electrons. The van der Waals surface area contributed by atoms with Crippen molar-refractivity contribution in [1.82, 2.24) is 4.90 Å². The third kappa shape index (κ3) is 2.78. The third-order valence-corrected chi connectivity index (χ3v) is 8.67. The van der Waals surface area contributed by atoms with Gasteiger partial charge in [-0.15, -0.1) is 0 Å². The third-order valence-electron chi connectivity index (χ3n) is 8.67. The van der Waals surface area contributed by atoms with E-state index in [-0.39, 0.29) is 11.0 Å². The molecule has 1 heterocycles. The molecule has 31 heavy (non-hydrogen) atoms. The van der Waals surface area contributed by atoms with E-state index in [1.807, 2.05) is 19.2 Å². The van der Waals surface area contributed by atoms with Crippen molar-refractivity contribution < 1.29 is 8.78 Å². The number of hydrogen-bond donors (Lipinski definition) is 1. The molecule has 5 heteroatoms. The molecule has 2 N–H and O–H groups in total. The van der Waals surface area contributed by atoms with Crippen LogP contribution in [0.4, 0.5) is 8.78 Å². The second kappa shape index (κ2) is 6.54. The second-order valence-electron chi connectivity index (χ2n) is 10.6. The van der Waals surface area contributed by atoms with Crippen molar-refractivity contribution in [2.45, 2.75) is 44.1 Å². The highest BCUT2D eigenvalue weighted by atomic mass is 19.2. The van der Waals surface area contributed by atoms with Crippen LogP contribution < -0.4 is 5.73 Å². The van der Waals surface area contributed by atoms with Crippen LogP contribution in [0.15, 0.2) is 47.5 Å². The zero-order valence-corrected chi connectivity index (χ0v) is 18.0. The molecule has 0 saturated heterocycles. The molecule has 4 saturated carbocycles. The van der Waals surface area contributed by atoms with Crippen LogP contribution in [0.3, 0.4) is 0 Å². The molecule has 2 aromatic rings. The molecule has 4 fully saturated rings. The molecule has 4 aliphatic carbocycles. The molecular formula is C26H29F2N3. The summed E-state index contributed by atoms with van der Waals surface area (Å²) in [5.41, 5.74) is 8.86. The highest BCUT2D eigenvalue weighted by Gasteiger charge is 2.63.